The number of nitrogens with zero attached hydrogens (tertiary/aromatic N) is 4. The van der Waals surface area contributed by atoms with Crippen molar-refractivity contribution in [3.05, 3.63) is 35.7 Å². The summed E-state index contributed by atoms with van der Waals surface area (Å²) >= 11 is 0. The first-order valence-electron chi connectivity index (χ1n) is 5.40. The Kier molecular flexibility index (Phi) is 3.44. The van der Waals surface area contributed by atoms with Gasteiger partial charge in [-0.3, -0.25) is 0 Å². The third-order valence-electron chi connectivity index (χ3n) is 2.46. The van der Waals surface area contributed by atoms with Crippen molar-refractivity contribution in [2.75, 3.05) is 12.4 Å². The fourth-order valence-electron chi connectivity index (χ4n) is 1.57. The molecule has 92 valence electrons. The Labute approximate surface area is 105 Å². The Morgan fingerprint density at radius 1 is 1.50 bits per heavy atom. The third-order valence-corrected chi connectivity index (χ3v) is 2.46. The van der Waals surface area contributed by atoms with Gasteiger partial charge in [-0.1, -0.05) is 0 Å². The van der Waals surface area contributed by atoms with Crippen LogP contribution in [0.2, 0.25) is 0 Å². The van der Waals surface area contributed by atoms with Crippen LogP contribution in [0.3, 0.4) is 0 Å². The van der Waals surface area contributed by atoms with E-state index in [4.69, 9.17) is 10.00 Å². The molecule has 0 aliphatic heterocycles. The maximum atomic E-state index is 8.75. The molecule has 0 unspecified atom stereocenters. The van der Waals surface area contributed by atoms with Crippen molar-refractivity contribution in [3.63, 3.8) is 0 Å². The van der Waals surface area contributed by atoms with Crippen LogP contribution in [0.5, 0.6) is 5.88 Å². The van der Waals surface area contributed by atoms with Crippen LogP contribution in [0.4, 0.5) is 5.82 Å². The minimum absolute atomic E-state index is 0.410. The standard InChI is InChI=1S/C12H13N5O/c1-17-12(18-2)6-11(16-17)15-8-9-3-4-14-10(5-9)7-13/h3-6H,8H2,1-2H3,(H,15,16). The number of aryl methyl sites for hydroxylation is 1. The number of anilines is 1. The maximum absolute atomic E-state index is 8.75. The largest absolute Gasteiger partial charge is 0.481 e. The summed E-state index contributed by atoms with van der Waals surface area (Å²) in [4.78, 5) is 3.92. The summed E-state index contributed by atoms with van der Waals surface area (Å²) in [6.07, 6.45) is 1.62. The smallest absolute Gasteiger partial charge is 0.213 e. The first-order valence-corrected chi connectivity index (χ1v) is 5.40. The minimum atomic E-state index is 0.410. The zero-order valence-corrected chi connectivity index (χ0v) is 10.2. The SMILES string of the molecule is COc1cc(NCc2ccnc(C#N)c2)nn1C. The lowest BCUT2D eigenvalue weighted by atomic mass is 10.2. The summed E-state index contributed by atoms with van der Waals surface area (Å²) in [6, 6.07) is 7.42. The average Bonchev–Trinajstić information content (AvgIpc) is 2.77. The molecule has 6 nitrogen and oxygen atoms in total. The zero-order chi connectivity index (χ0) is 13.0. The third kappa shape index (κ3) is 2.58. The Bertz CT molecular complexity index is 584. The molecule has 0 aromatic carbocycles. The quantitative estimate of drug-likeness (QED) is 0.876. The van der Waals surface area contributed by atoms with Crippen molar-refractivity contribution >= 4 is 5.82 Å². The van der Waals surface area contributed by atoms with E-state index in [0.29, 0.717) is 18.1 Å². The molecule has 18 heavy (non-hydrogen) atoms. The molecule has 1 N–H and O–H groups in total. The molecule has 0 amide bonds. The van der Waals surface area contributed by atoms with Gasteiger partial charge in [0.1, 0.15) is 11.8 Å². The van der Waals surface area contributed by atoms with E-state index in [-0.39, 0.29) is 0 Å². The van der Waals surface area contributed by atoms with Crippen LogP contribution in [-0.4, -0.2) is 21.9 Å². The van der Waals surface area contributed by atoms with E-state index < -0.39 is 0 Å². The summed E-state index contributed by atoms with van der Waals surface area (Å²) in [6.45, 7) is 0.581. The van der Waals surface area contributed by atoms with Crippen molar-refractivity contribution in [3.8, 4) is 11.9 Å². The monoisotopic (exact) mass is 243 g/mol. The van der Waals surface area contributed by atoms with Gasteiger partial charge in [-0.05, 0) is 17.7 Å². The zero-order valence-electron chi connectivity index (χ0n) is 10.2. The second-order valence-corrected chi connectivity index (χ2v) is 3.71. The number of rotatable bonds is 4. The normalized spacial score (nSPS) is 9.83. The summed E-state index contributed by atoms with van der Waals surface area (Å²) in [5.74, 6) is 1.41. The van der Waals surface area contributed by atoms with E-state index in [1.54, 1.807) is 24.1 Å². The highest BCUT2D eigenvalue weighted by atomic mass is 16.5. The van der Waals surface area contributed by atoms with Gasteiger partial charge in [0.05, 0.1) is 7.11 Å². The van der Waals surface area contributed by atoms with Gasteiger partial charge in [-0.25, -0.2) is 9.67 Å². The Morgan fingerprint density at radius 3 is 3.00 bits per heavy atom. The molecule has 0 fully saturated rings. The molecule has 0 bridgehead atoms. The number of nitrogens with one attached hydrogen (secondary N) is 1. The number of pyridine rings is 1. The van der Waals surface area contributed by atoms with E-state index in [9.17, 15) is 0 Å². The average molecular weight is 243 g/mol. The summed E-state index contributed by atoms with van der Waals surface area (Å²) in [5, 5.41) is 16.2. The molecular weight excluding hydrogens is 230 g/mol. The van der Waals surface area contributed by atoms with E-state index in [2.05, 4.69) is 15.4 Å². The van der Waals surface area contributed by atoms with Gasteiger partial charge in [0.2, 0.25) is 5.88 Å². The van der Waals surface area contributed by atoms with Gasteiger partial charge in [0.15, 0.2) is 5.82 Å². The van der Waals surface area contributed by atoms with Gasteiger partial charge in [0.25, 0.3) is 0 Å². The predicted octanol–water partition coefficient (Wildman–Crippen LogP) is 1.31. The highest BCUT2D eigenvalue weighted by Gasteiger charge is 2.04. The Hall–Kier alpha value is -2.55. The van der Waals surface area contributed by atoms with Crippen LogP contribution < -0.4 is 10.1 Å². The highest BCUT2D eigenvalue weighted by Crippen LogP contribution is 2.15. The van der Waals surface area contributed by atoms with Crippen LogP contribution in [0.1, 0.15) is 11.3 Å². The summed E-state index contributed by atoms with van der Waals surface area (Å²) < 4.78 is 6.77. The van der Waals surface area contributed by atoms with Gasteiger partial charge in [0, 0.05) is 25.9 Å². The van der Waals surface area contributed by atoms with Crippen molar-refractivity contribution in [1.82, 2.24) is 14.8 Å². The van der Waals surface area contributed by atoms with Crippen molar-refractivity contribution in [1.29, 1.82) is 5.26 Å². The van der Waals surface area contributed by atoms with Crippen molar-refractivity contribution < 1.29 is 4.74 Å². The second-order valence-electron chi connectivity index (χ2n) is 3.71. The fraction of sp³-hybridized carbons (Fsp3) is 0.250. The second kappa shape index (κ2) is 5.19. The lowest BCUT2D eigenvalue weighted by Gasteiger charge is -2.02. The molecule has 2 rings (SSSR count). The van der Waals surface area contributed by atoms with Gasteiger partial charge >= 0.3 is 0 Å². The van der Waals surface area contributed by atoms with Gasteiger partial charge in [-0.15, -0.1) is 0 Å². The van der Waals surface area contributed by atoms with Crippen LogP contribution >= 0.6 is 0 Å². The fourth-order valence-corrected chi connectivity index (χ4v) is 1.57. The molecular formula is C12H13N5O. The molecule has 0 saturated heterocycles. The molecule has 0 aliphatic carbocycles. The van der Waals surface area contributed by atoms with Crippen molar-refractivity contribution in [2.24, 2.45) is 7.05 Å². The number of methoxy groups -OCH3 is 1. The number of hydrogen-bond acceptors (Lipinski definition) is 5. The Morgan fingerprint density at radius 2 is 2.33 bits per heavy atom. The first-order chi connectivity index (χ1) is 8.72. The number of nitriles is 1. The lowest BCUT2D eigenvalue weighted by Crippen LogP contribution is -2.01. The van der Waals surface area contributed by atoms with E-state index >= 15 is 0 Å². The van der Waals surface area contributed by atoms with Crippen LogP contribution in [0, 0.1) is 11.3 Å². The lowest BCUT2D eigenvalue weighted by molar-refractivity contribution is 0.373. The molecule has 0 atom stereocenters. The van der Waals surface area contributed by atoms with E-state index in [1.807, 2.05) is 25.2 Å². The van der Waals surface area contributed by atoms with Crippen LogP contribution in [-0.2, 0) is 13.6 Å². The predicted molar refractivity (Wildman–Crippen MR) is 66.0 cm³/mol. The number of aromatic nitrogens is 3. The number of hydrogen-bond donors (Lipinski definition) is 1. The van der Waals surface area contributed by atoms with Gasteiger partial charge < -0.3 is 10.1 Å². The summed E-state index contributed by atoms with van der Waals surface area (Å²) in [7, 11) is 3.41. The highest BCUT2D eigenvalue weighted by molar-refractivity contribution is 5.39. The van der Waals surface area contributed by atoms with E-state index in [1.165, 1.54) is 0 Å². The summed E-state index contributed by atoms with van der Waals surface area (Å²) in [5.41, 5.74) is 1.39. The molecule has 2 heterocycles. The van der Waals surface area contributed by atoms with Crippen LogP contribution in [0.25, 0.3) is 0 Å². The molecule has 2 aromatic rings. The van der Waals surface area contributed by atoms with Crippen molar-refractivity contribution in [2.45, 2.75) is 6.54 Å². The molecule has 2 aromatic heterocycles. The van der Waals surface area contributed by atoms with Crippen LogP contribution in [0.15, 0.2) is 24.4 Å². The van der Waals surface area contributed by atoms with Gasteiger partial charge in [-0.2, -0.15) is 10.4 Å². The first kappa shape index (κ1) is 11.9. The molecule has 0 radical (unpaired) electrons. The molecule has 0 saturated carbocycles. The van der Waals surface area contributed by atoms with E-state index in [0.717, 1.165) is 11.4 Å². The number of ether oxygens (including phenoxy) is 1. The molecule has 6 heteroatoms. The molecule has 0 aliphatic rings. The Balaban J connectivity index is 2.04. The molecule has 0 spiro atoms. The topological polar surface area (TPSA) is 75.8 Å². The maximum Gasteiger partial charge on any atom is 0.213 e. The minimum Gasteiger partial charge on any atom is -0.481 e.